The van der Waals surface area contributed by atoms with Gasteiger partial charge in [0.2, 0.25) is 0 Å². The molecule has 17 heavy (non-hydrogen) atoms. The molecule has 5 nitrogen and oxygen atoms in total. The number of hydrogen-bond acceptors (Lipinski definition) is 4. The molecule has 1 fully saturated rings. The highest BCUT2D eigenvalue weighted by Gasteiger charge is 2.22. The van der Waals surface area contributed by atoms with Gasteiger partial charge in [0.15, 0.2) is 0 Å². The normalized spacial score (nSPS) is 16.9. The third-order valence-corrected chi connectivity index (χ3v) is 3.35. The molecule has 1 aromatic heterocycles. The van der Waals surface area contributed by atoms with Crippen molar-refractivity contribution in [1.29, 1.82) is 0 Å². The fourth-order valence-electron chi connectivity index (χ4n) is 2.00. The van der Waals surface area contributed by atoms with Crippen molar-refractivity contribution in [3.05, 3.63) is 12.3 Å². The Hall–Kier alpha value is -1.07. The first-order chi connectivity index (χ1) is 8.12. The Morgan fingerprint density at radius 3 is 2.94 bits per heavy atom. The van der Waals surface area contributed by atoms with Gasteiger partial charge < -0.3 is 16.4 Å². The fraction of sp³-hybridized carbons (Fsp3) is 0.750. The van der Waals surface area contributed by atoms with E-state index in [4.69, 9.17) is 5.73 Å². The van der Waals surface area contributed by atoms with Crippen molar-refractivity contribution in [2.45, 2.75) is 26.3 Å². The summed E-state index contributed by atoms with van der Waals surface area (Å²) < 4.78 is 2.08. The molecule has 0 spiro atoms. The average Bonchev–Trinajstić information content (AvgIpc) is 2.60. The van der Waals surface area contributed by atoms with Crippen LogP contribution in [0.1, 0.15) is 26.3 Å². The average molecular weight is 237 g/mol. The van der Waals surface area contributed by atoms with E-state index in [-0.39, 0.29) is 5.41 Å². The summed E-state index contributed by atoms with van der Waals surface area (Å²) in [6.45, 7) is 8.17. The lowest BCUT2D eigenvalue weighted by Gasteiger charge is -2.30. The minimum atomic E-state index is 0.224. The molecular formula is C12H23N5. The second kappa shape index (κ2) is 5.06. The topological polar surface area (TPSA) is 67.9 Å². The van der Waals surface area contributed by atoms with Gasteiger partial charge in [-0.05, 0) is 18.4 Å². The van der Waals surface area contributed by atoms with Gasteiger partial charge >= 0.3 is 0 Å². The Balaban J connectivity index is 1.92. The molecule has 0 atom stereocenters. The maximum atomic E-state index is 5.62. The van der Waals surface area contributed by atoms with E-state index in [0.29, 0.717) is 6.04 Å². The van der Waals surface area contributed by atoms with E-state index < -0.39 is 0 Å². The lowest BCUT2D eigenvalue weighted by Crippen LogP contribution is -2.44. The summed E-state index contributed by atoms with van der Waals surface area (Å²) in [5.41, 5.74) is 5.84. The van der Waals surface area contributed by atoms with Crippen LogP contribution in [-0.4, -0.2) is 36.0 Å². The summed E-state index contributed by atoms with van der Waals surface area (Å²) >= 11 is 0. The van der Waals surface area contributed by atoms with Crippen LogP contribution in [0.15, 0.2) is 12.3 Å². The maximum Gasteiger partial charge on any atom is 0.124 e. The summed E-state index contributed by atoms with van der Waals surface area (Å²) in [7, 11) is 0. The first-order valence-electron chi connectivity index (χ1n) is 6.30. The lowest BCUT2D eigenvalue weighted by atomic mass is 9.89. The Kier molecular flexibility index (Phi) is 3.69. The van der Waals surface area contributed by atoms with Crippen molar-refractivity contribution >= 4 is 5.82 Å². The molecule has 96 valence electrons. The molecule has 0 radical (unpaired) electrons. The summed E-state index contributed by atoms with van der Waals surface area (Å²) in [4.78, 5) is 0. The fourth-order valence-corrected chi connectivity index (χ4v) is 2.00. The van der Waals surface area contributed by atoms with Crippen LogP contribution in [-0.2, 0) is 0 Å². The third kappa shape index (κ3) is 2.98. The summed E-state index contributed by atoms with van der Waals surface area (Å²) in [5, 5.41) is 11.1. The Morgan fingerprint density at radius 2 is 2.35 bits per heavy atom. The Bertz CT molecular complexity index is 354. The number of nitrogens with one attached hydrogen (secondary N) is 2. The molecule has 1 saturated heterocycles. The minimum Gasteiger partial charge on any atom is -0.370 e. The first-order valence-corrected chi connectivity index (χ1v) is 6.30. The summed E-state index contributed by atoms with van der Waals surface area (Å²) in [5.74, 6) is 1.11. The Labute approximate surface area is 103 Å². The highest BCUT2D eigenvalue weighted by molar-refractivity contribution is 5.35. The van der Waals surface area contributed by atoms with Gasteiger partial charge in [-0.25, -0.2) is 4.68 Å². The van der Waals surface area contributed by atoms with Crippen LogP contribution in [0.2, 0.25) is 0 Å². The summed E-state index contributed by atoms with van der Waals surface area (Å²) in [6.07, 6.45) is 2.88. The molecular weight excluding hydrogens is 214 g/mol. The van der Waals surface area contributed by atoms with E-state index >= 15 is 0 Å². The van der Waals surface area contributed by atoms with Crippen LogP contribution >= 0.6 is 0 Å². The van der Waals surface area contributed by atoms with Crippen LogP contribution in [0.25, 0.3) is 0 Å². The molecule has 1 aliphatic rings. The zero-order chi connectivity index (χ0) is 12.3. The van der Waals surface area contributed by atoms with E-state index in [1.807, 2.05) is 12.3 Å². The zero-order valence-electron chi connectivity index (χ0n) is 10.7. The maximum absolute atomic E-state index is 5.62. The molecule has 0 amide bonds. The molecule has 2 heterocycles. The van der Waals surface area contributed by atoms with Crippen molar-refractivity contribution < 1.29 is 0 Å². The van der Waals surface area contributed by atoms with E-state index in [1.54, 1.807) is 0 Å². The van der Waals surface area contributed by atoms with Crippen LogP contribution < -0.4 is 16.4 Å². The van der Waals surface area contributed by atoms with Crippen LogP contribution in [0.3, 0.4) is 0 Å². The smallest absolute Gasteiger partial charge is 0.124 e. The predicted molar refractivity (Wildman–Crippen MR) is 70.1 cm³/mol. The second-order valence-electron chi connectivity index (χ2n) is 5.53. The number of nitrogens with zero attached hydrogens (tertiary/aromatic N) is 2. The summed E-state index contributed by atoms with van der Waals surface area (Å²) in [6, 6.07) is 2.54. The number of anilines is 1. The standard InChI is InChI=1S/C12H23N5/c1-12(2,4-5-13)9-15-11-3-6-16-17(11)10-7-14-8-10/h3,6,10,14-15H,4-5,7-9,13H2,1-2H3. The highest BCUT2D eigenvalue weighted by atomic mass is 15.4. The van der Waals surface area contributed by atoms with E-state index in [2.05, 4.69) is 34.3 Å². The molecule has 0 bridgehead atoms. The molecule has 0 aliphatic carbocycles. The van der Waals surface area contributed by atoms with Gasteiger partial charge in [0, 0.05) is 25.7 Å². The molecule has 4 N–H and O–H groups in total. The van der Waals surface area contributed by atoms with Gasteiger partial charge in [-0.1, -0.05) is 13.8 Å². The number of rotatable bonds is 6. The zero-order valence-corrected chi connectivity index (χ0v) is 10.7. The van der Waals surface area contributed by atoms with Crippen molar-refractivity contribution in [2.24, 2.45) is 11.1 Å². The molecule has 1 aromatic rings. The van der Waals surface area contributed by atoms with Gasteiger partial charge in [-0.3, -0.25) is 0 Å². The van der Waals surface area contributed by atoms with Crippen LogP contribution in [0, 0.1) is 5.41 Å². The van der Waals surface area contributed by atoms with Crippen molar-refractivity contribution in [3.63, 3.8) is 0 Å². The van der Waals surface area contributed by atoms with Gasteiger partial charge in [0.1, 0.15) is 5.82 Å². The molecule has 1 aliphatic heterocycles. The molecule has 2 rings (SSSR count). The molecule has 0 saturated carbocycles. The van der Waals surface area contributed by atoms with Crippen molar-refractivity contribution in [3.8, 4) is 0 Å². The lowest BCUT2D eigenvalue weighted by molar-refractivity contribution is 0.318. The van der Waals surface area contributed by atoms with Gasteiger partial charge in [0.05, 0.1) is 12.2 Å². The largest absolute Gasteiger partial charge is 0.370 e. The number of aromatic nitrogens is 2. The number of nitrogens with two attached hydrogens (primary N) is 1. The van der Waals surface area contributed by atoms with Gasteiger partial charge in [0.25, 0.3) is 0 Å². The Morgan fingerprint density at radius 1 is 1.59 bits per heavy atom. The predicted octanol–water partition coefficient (Wildman–Crippen LogP) is 0.814. The molecule has 0 unspecified atom stereocenters. The molecule has 0 aromatic carbocycles. The van der Waals surface area contributed by atoms with E-state index in [9.17, 15) is 0 Å². The minimum absolute atomic E-state index is 0.224. The van der Waals surface area contributed by atoms with E-state index in [1.165, 1.54) is 0 Å². The van der Waals surface area contributed by atoms with Crippen LogP contribution in [0.4, 0.5) is 5.82 Å². The first kappa shape index (κ1) is 12.4. The molecule has 5 heteroatoms. The SMILES string of the molecule is CC(C)(CCN)CNc1ccnn1C1CNC1. The van der Waals surface area contributed by atoms with E-state index in [0.717, 1.165) is 38.4 Å². The van der Waals surface area contributed by atoms with Crippen molar-refractivity contribution in [2.75, 3.05) is 31.5 Å². The monoisotopic (exact) mass is 237 g/mol. The number of hydrogen-bond donors (Lipinski definition) is 3. The van der Waals surface area contributed by atoms with Gasteiger partial charge in [-0.2, -0.15) is 5.10 Å². The second-order valence-corrected chi connectivity index (χ2v) is 5.53. The van der Waals surface area contributed by atoms with Gasteiger partial charge in [-0.15, -0.1) is 0 Å². The quantitative estimate of drug-likeness (QED) is 0.685. The van der Waals surface area contributed by atoms with Crippen LogP contribution in [0.5, 0.6) is 0 Å². The third-order valence-electron chi connectivity index (χ3n) is 3.35. The highest BCUT2D eigenvalue weighted by Crippen LogP contribution is 2.22. The van der Waals surface area contributed by atoms with Crippen molar-refractivity contribution in [1.82, 2.24) is 15.1 Å².